The Bertz CT molecular complexity index is 2990. The zero-order valence-electron chi connectivity index (χ0n) is 29.1. The SMILES string of the molecule is N#Cc1cccc(-c2cc(-n3c4ccccc4c4cc(-c5ccccc5)ccc43)c(C#N)c(-n3c4ccccc4c4cc(-c5ccccc5)ccc43)c2)c1. The summed E-state index contributed by atoms with van der Waals surface area (Å²) in [5, 5.41) is 25.6. The molecule has 0 radical (unpaired) electrons. The molecule has 4 nitrogen and oxygen atoms in total. The van der Waals surface area contributed by atoms with Gasteiger partial charge in [0.25, 0.3) is 0 Å². The van der Waals surface area contributed by atoms with Crippen LogP contribution in [0.15, 0.2) is 182 Å². The Morgan fingerprint density at radius 3 is 1.26 bits per heavy atom. The lowest BCUT2D eigenvalue weighted by molar-refractivity contribution is 1.12. The molecule has 2 heterocycles. The van der Waals surface area contributed by atoms with Crippen molar-refractivity contribution in [1.82, 2.24) is 9.13 Å². The highest BCUT2D eigenvalue weighted by molar-refractivity contribution is 6.12. The first-order valence-electron chi connectivity index (χ1n) is 18.0. The summed E-state index contributed by atoms with van der Waals surface area (Å²) in [6.07, 6.45) is 0. The van der Waals surface area contributed by atoms with Gasteiger partial charge in [-0.05, 0) is 94.0 Å². The molecule has 0 bridgehead atoms. The van der Waals surface area contributed by atoms with Gasteiger partial charge in [-0.3, -0.25) is 0 Å². The number of para-hydroxylation sites is 2. The van der Waals surface area contributed by atoms with Gasteiger partial charge >= 0.3 is 0 Å². The number of fused-ring (bicyclic) bond motifs is 6. The minimum absolute atomic E-state index is 0.555. The van der Waals surface area contributed by atoms with Crippen LogP contribution in [-0.4, -0.2) is 9.13 Å². The zero-order valence-corrected chi connectivity index (χ0v) is 29.1. The van der Waals surface area contributed by atoms with E-state index in [2.05, 4.69) is 167 Å². The van der Waals surface area contributed by atoms with E-state index in [-0.39, 0.29) is 0 Å². The number of aromatic nitrogens is 2. The lowest BCUT2D eigenvalue weighted by Gasteiger charge is -2.18. The van der Waals surface area contributed by atoms with Crippen LogP contribution in [0.1, 0.15) is 11.1 Å². The van der Waals surface area contributed by atoms with E-state index in [4.69, 9.17) is 0 Å². The molecule has 0 atom stereocenters. The molecule has 0 saturated carbocycles. The van der Waals surface area contributed by atoms with Gasteiger partial charge < -0.3 is 9.13 Å². The quantitative estimate of drug-likeness (QED) is 0.181. The maximum Gasteiger partial charge on any atom is 0.104 e. The standard InChI is InChI=1S/C50H30N4/c51-31-33-12-11-17-36(26-33)39-29-49(53-45-20-9-7-18-40(45)42-27-37(22-24-47(42)53)34-13-3-1-4-14-34)44(32-52)50(30-39)54-46-21-10-8-19-41(46)43-28-38(23-25-48(43)54)35-15-5-2-6-16-35/h1-30H. The molecule has 8 aromatic carbocycles. The average molecular weight is 687 g/mol. The van der Waals surface area contributed by atoms with E-state index >= 15 is 0 Å². The van der Waals surface area contributed by atoms with Crippen LogP contribution in [0.3, 0.4) is 0 Å². The number of hydrogen-bond acceptors (Lipinski definition) is 2. The summed E-state index contributed by atoms with van der Waals surface area (Å²) in [5.41, 5.74) is 13.1. The zero-order chi connectivity index (χ0) is 36.2. The fraction of sp³-hybridized carbons (Fsp3) is 0. The third-order valence-electron chi connectivity index (χ3n) is 10.6. The Morgan fingerprint density at radius 1 is 0.315 bits per heavy atom. The normalized spacial score (nSPS) is 11.3. The fourth-order valence-corrected chi connectivity index (χ4v) is 8.10. The van der Waals surface area contributed by atoms with Gasteiger partial charge in [0.2, 0.25) is 0 Å². The van der Waals surface area contributed by atoms with E-state index in [1.807, 2.05) is 36.4 Å². The lowest BCUT2D eigenvalue weighted by Crippen LogP contribution is -2.05. The van der Waals surface area contributed by atoms with Gasteiger partial charge in [0, 0.05) is 21.5 Å². The number of nitriles is 2. The first-order valence-corrected chi connectivity index (χ1v) is 18.0. The second-order valence-corrected chi connectivity index (χ2v) is 13.6. The van der Waals surface area contributed by atoms with Crippen molar-refractivity contribution in [3.8, 4) is 56.9 Å². The van der Waals surface area contributed by atoms with Gasteiger partial charge in [0.05, 0.1) is 45.1 Å². The molecule has 4 heteroatoms. The summed E-state index contributed by atoms with van der Waals surface area (Å²) in [6.45, 7) is 0. The number of nitrogens with zero attached hydrogens (tertiary/aromatic N) is 4. The molecular formula is C50H30N4. The smallest absolute Gasteiger partial charge is 0.104 e. The molecular weight excluding hydrogens is 657 g/mol. The van der Waals surface area contributed by atoms with Crippen molar-refractivity contribution in [2.75, 3.05) is 0 Å². The highest BCUT2D eigenvalue weighted by Crippen LogP contribution is 2.41. The number of rotatable bonds is 5. The molecule has 0 amide bonds. The van der Waals surface area contributed by atoms with E-state index < -0.39 is 0 Å². The van der Waals surface area contributed by atoms with Crippen molar-refractivity contribution in [3.05, 3.63) is 193 Å². The first-order chi connectivity index (χ1) is 26.7. The minimum atomic E-state index is 0.555. The highest BCUT2D eigenvalue weighted by atomic mass is 15.0. The van der Waals surface area contributed by atoms with Gasteiger partial charge in [-0.1, -0.05) is 121 Å². The van der Waals surface area contributed by atoms with Gasteiger partial charge in [-0.15, -0.1) is 0 Å². The predicted octanol–water partition coefficient (Wildman–Crippen LogP) is 12.6. The maximum absolute atomic E-state index is 11.3. The van der Waals surface area contributed by atoms with E-state index in [1.165, 1.54) is 0 Å². The summed E-state index contributed by atoms with van der Waals surface area (Å²) in [4.78, 5) is 0. The first kappa shape index (κ1) is 31.1. The molecule has 0 aliphatic rings. The lowest BCUT2D eigenvalue weighted by atomic mass is 9.98. The summed E-state index contributed by atoms with van der Waals surface area (Å²) >= 11 is 0. The summed E-state index contributed by atoms with van der Waals surface area (Å²) < 4.78 is 4.47. The predicted molar refractivity (Wildman–Crippen MR) is 221 cm³/mol. The van der Waals surface area contributed by atoms with Crippen molar-refractivity contribution in [3.63, 3.8) is 0 Å². The molecule has 250 valence electrons. The third kappa shape index (κ3) is 4.90. The van der Waals surface area contributed by atoms with Crippen molar-refractivity contribution in [2.24, 2.45) is 0 Å². The Hall–Kier alpha value is -7.66. The van der Waals surface area contributed by atoms with Crippen LogP contribution in [0.5, 0.6) is 0 Å². The van der Waals surface area contributed by atoms with Gasteiger partial charge in [0.15, 0.2) is 0 Å². The van der Waals surface area contributed by atoms with Crippen LogP contribution in [0.4, 0.5) is 0 Å². The molecule has 2 aromatic heterocycles. The van der Waals surface area contributed by atoms with E-state index in [0.29, 0.717) is 11.1 Å². The van der Waals surface area contributed by atoms with E-state index in [0.717, 1.165) is 88.4 Å². The molecule has 0 saturated heterocycles. The molecule has 0 aliphatic carbocycles. The Labute approximate surface area is 312 Å². The molecule has 0 N–H and O–H groups in total. The van der Waals surface area contributed by atoms with Crippen molar-refractivity contribution in [2.45, 2.75) is 0 Å². The monoisotopic (exact) mass is 686 g/mol. The second kappa shape index (κ2) is 12.5. The molecule has 54 heavy (non-hydrogen) atoms. The molecule has 10 rings (SSSR count). The van der Waals surface area contributed by atoms with Crippen LogP contribution in [0, 0.1) is 22.7 Å². The fourth-order valence-electron chi connectivity index (χ4n) is 8.10. The molecule has 0 spiro atoms. The van der Waals surface area contributed by atoms with Crippen molar-refractivity contribution >= 4 is 43.6 Å². The van der Waals surface area contributed by atoms with Gasteiger partial charge in [0.1, 0.15) is 11.6 Å². The Morgan fingerprint density at radius 2 is 0.759 bits per heavy atom. The number of hydrogen-bond donors (Lipinski definition) is 0. The van der Waals surface area contributed by atoms with Crippen LogP contribution in [0.2, 0.25) is 0 Å². The van der Waals surface area contributed by atoms with Crippen LogP contribution >= 0.6 is 0 Å². The summed E-state index contributed by atoms with van der Waals surface area (Å²) in [7, 11) is 0. The topological polar surface area (TPSA) is 57.4 Å². The summed E-state index contributed by atoms with van der Waals surface area (Å²) in [5.74, 6) is 0. The average Bonchev–Trinajstić information content (AvgIpc) is 3.76. The molecule has 10 aromatic rings. The summed E-state index contributed by atoms with van der Waals surface area (Å²) in [6, 6.07) is 67.8. The van der Waals surface area contributed by atoms with Crippen LogP contribution in [0.25, 0.3) is 88.4 Å². The Balaban J connectivity index is 1.31. The van der Waals surface area contributed by atoms with Crippen LogP contribution in [-0.2, 0) is 0 Å². The van der Waals surface area contributed by atoms with Gasteiger partial charge in [-0.2, -0.15) is 10.5 Å². The largest absolute Gasteiger partial charge is 0.308 e. The van der Waals surface area contributed by atoms with Crippen molar-refractivity contribution < 1.29 is 0 Å². The molecule has 0 fully saturated rings. The molecule has 0 unspecified atom stereocenters. The van der Waals surface area contributed by atoms with Gasteiger partial charge in [-0.25, -0.2) is 0 Å². The Kier molecular flexibility index (Phi) is 7.22. The van der Waals surface area contributed by atoms with E-state index in [1.54, 1.807) is 0 Å². The van der Waals surface area contributed by atoms with Crippen molar-refractivity contribution in [1.29, 1.82) is 10.5 Å². The number of benzene rings is 8. The molecule has 0 aliphatic heterocycles. The maximum atomic E-state index is 11.3. The van der Waals surface area contributed by atoms with Crippen LogP contribution < -0.4 is 0 Å². The highest BCUT2D eigenvalue weighted by Gasteiger charge is 2.23. The third-order valence-corrected chi connectivity index (χ3v) is 10.6. The second-order valence-electron chi connectivity index (χ2n) is 13.6. The minimum Gasteiger partial charge on any atom is -0.308 e. The van der Waals surface area contributed by atoms with E-state index in [9.17, 15) is 10.5 Å².